The predicted molar refractivity (Wildman–Crippen MR) is 70.4 cm³/mol. The molecule has 0 bridgehead atoms. The van der Waals surface area contributed by atoms with Gasteiger partial charge in [0.15, 0.2) is 0 Å². The van der Waals surface area contributed by atoms with E-state index in [1.807, 2.05) is 0 Å². The first-order valence-electron chi connectivity index (χ1n) is 6.42. The molecule has 0 saturated carbocycles. The highest BCUT2D eigenvalue weighted by molar-refractivity contribution is 5.40. The van der Waals surface area contributed by atoms with Crippen LogP contribution >= 0.6 is 0 Å². The zero-order valence-electron chi connectivity index (χ0n) is 11.0. The quantitative estimate of drug-likeness (QED) is 0.800. The second-order valence-corrected chi connectivity index (χ2v) is 5.18. The molecule has 2 heterocycles. The van der Waals surface area contributed by atoms with Crippen LogP contribution in [0.4, 0.5) is 5.82 Å². The maximum atomic E-state index is 5.39. The third kappa shape index (κ3) is 3.19. The fourth-order valence-corrected chi connectivity index (χ4v) is 2.30. The van der Waals surface area contributed by atoms with Gasteiger partial charge in [-0.25, -0.2) is 4.98 Å². The minimum Gasteiger partial charge on any atom is -0.380 e. The molecule has 0 aromatic carbocycles. The van der Waals surface area contributed by atoms with E-state index in [4.69, 9.17) is 9.72 Å². The monoisotopic (exact) mass is 234 g/mol. The van der Waals surface area contributed by atoms with E-state index in [-0.39, 0.29) is 0 Å². The van der Waals surface area contributed by atoms with Crippen molar-refractivity contribution in [3.63, 3.8) is 0 Å². The van der Waals surface area contributed by atoms with Gasteiger partial charge in [-0.05, 0) is 30.9 Å². The summed E-state index contributed by atoms with van der Waals surface area (Å²) in [6.07, 6.45) is 2.52. The van der Waals surface area contributed by atoms with Crippen molar-refractivity contribution in [1.29, 1.82) is 0 Å². The summed E-state index contributed by atoms with van der Waals surface area (Å²) in [5, 5.41) is 0. The molecule has 1 fully saturated rings. The molecule has 3 nitrogen and oxygen atoms in total. The minimum atomic E-state index is 0.366. The number of pyridine rings is 1. The van der Waals surface area contributed by atoms with Crippen molar-refractivity contribution >= 4 is 5.82 Å². The van der Waals surface area contributed by atoms with Crippen LogP contribution in [0.2, 0.25) is 0 Å². The zero-order valence-corrected chi connectivity index (χ0v) is 11.0. The number of methoxy groups -OCH3 is 1. The Balaban J connectivity index is 2.06. The van der Waals surface area contributed by atoms with Crippen LogP contribution in [-0.2, 0) is 11.2 Å². The normalized spacial score (nSPS) is 20.2. The summed E-state index contributed by atoms with van der Waals surface area (Å²) in [4.78, 5) is 7.05. The Morgan fingerprint density at radius 1 is 1.47 bits per heavy atom. The molecule has 17 heavy (non-hydrogen) atoms. The highest BCUT2D eigenvalue weighted by Crippen LogP contribution is 2.20. The van der Waals surface area contributed by atoms with E-state index in [1.165, 1.54) is 5.69 Å². The Morgan fingerprint density at radius 3 is 2.94 bits per heavy atom. The Hall–Kier alpha value is -1.09. The zero-order chi connectivity index (χ0) is 12.3. The standard InChI is InChI=1S/C14H22N2O/c1-11(2)9-12-5-4-6-14(15-12)16-8-7-13(10-16)17-3/h4-6,11,13H,7-10H2,1-3H3/t13-/m1/s1. The highest BCUT2D eigenvalue weighted by atomic mass is 16.5. The molecule has 0 spiro atoms. The number of hydrogen-bond donors (Lipinski definition) is 0. The summed E-state index contributed by atoms with van der Waals surface area (Å²) >= 11 is 0. The number of hydrogen-bond acceptors (Lipinski definition) is 3. The van der Waals surface area contributed by atoms with E-state index in [0.717, 1.165) is 31.7 Å². The van der Waals surface area contributed by atoms with E-state index in [0.29, 0.717) is 12.0 Å². The molecule has 2 rings (SSSR count). The smallest absolute Gasteiger partial charge is 0.128 e. The lowest BCUT2D eigenvalue weighted by Gasteiger charge is -2.18. The van der Waals surface area contributed by atoms with Crippen LogP contribution in [-0.4, -0.2) is 31.3 Å². The molecular formula is C14H22N2O. The molecule has 1 aliphatic rings. The van der Waals surface area contributed by atoms with Gasteiger partial charge in [-0.2, -0.15) is 0 Å². The van der Waals surface area contributed by atoms with Crippen molar-refractivity contribution < 1.29 is 4.74 Å². The molecule has 1 saturated heterocycles. The Labute approximate surface area is 104 Å². The van der Waals surface area contributed by atoms with Crippen molar-refractivity contribution in [2.45, 2.75) is 32.8 Å². The Morgan fingerprint density at radius 2 is 2.29 bits per heavy atom. The van der Waals surface area contributed by atoms with Gasteiger partial charge in [-0.1, -0.05) is 19.9 Å². The number of nitrogens with zero attached hydrogens (tertiary/aromatic N) is 2. The molecule has 0 N–H and O–H groups in total. The van der Waals surface area contributed by atoms with Gasteiger partial charge in [-0.15, -0.1) is 0 Å². The van der Waals surface area contributed by atoms with Gasteiger partial charge in [0.2, 0.25) is 0 Å². The largest absolute Gasteiger partial charge is 0.380 e. The lowest BCUT2D eigenvalue weighted by molar-refractivity contribution is 0.121. The predicted octanol–water partition coefficient (Wildman–Crippen LogP) is 2.51. The van der Waals surface area contributed by atoms with Gasteiger partial charge in [0.25, 0.3) is 0 Å². The van der Waals surface area contributed by atoms with E-state index in [1.54, 1.807) is 7.11 Å². The molecule has 1 aliphatic heterocycles. The molecule has 3 heteroatoms. The molecule has 1 aromatic rings. The first-order valence-corrected chi connectivity index (χ1v) is 6.42. The van der Waals surface area contributed by atoms with Crippen LogP contribution in [0.25, 0.3) is 0 Å². The van der Waals surface area contributed by atoms with Crippen LogP contribution in [0.5, 0.6) is 0 Å². The van der Waals surface area contributed by atoms with Crippen LogP contribution in [0.3, 0.4) is 0 Å². The topological polar surface area (TPSA) is 25.4 Å². The summed E-state index contributed by atoms with van der Waals surface area (Å²) < 4.78 is 5.39. The van der Waals surface area contributed by atoms with Crippen LogP contribution in [0, 0.1) is 5.92 Å². The maximum Gasteiger partial charge on any atom is 0.128 e. The van der Waals surface area contributed by atoms with E-state index >= 15 is 0 Å². The van der Waals surface area contributed by atoms with Crippen LogP contribution in [0.1, 0.15) is 26.0 Å². The van der Waals surface area contributed by atoms with Crippen LogP contribution in [0.15, 0.2) is 18.2 Å². The number of rotatable bonds is 4. The molecule has 0 unspecified atom stereocenters. The van der Waals surface area contributed by atoms with Crippen molar-refractivity contribution in [2.75, 3.05) is 25.1 Å². The van der Waals surface area contributed by atoms with Crippen molar-refractivity contribution in [3.05, 3.63) is 23.9 Å². The molecule has 1 atom stereocenters. The molecule has 94 valence electrons. The van der Waals surface area contributed by atoms with Crippen LogP contribution < -0.4 is 4.90 Å². The fraction of sp³-hybridized carbons (Fsp3) is 0.643. The van der Waals surface area contributed by atoms with Gasteiger partial charge >= 0.3 is 0 Å². The number of anilines is 1. The summed E-state index contributed by atoms with van der Waals surface area (Å²) in [6.45, 7) is 6.47. The highest BCUT2D eigenvalue weighted by Gasteiger charge is 2.22. The van der Waals surface area contributed by atoms with Gasteiger partial charge in [0.1, 0.15) is 5.82 Å². The van der Waals surface area contributed by atoms with Gasteiger partial charge in [0.05, 0.1) is 6.10 Å². The summed E-state index contributed by atoms with van der Waals surface area (Å²) in [7, 11) is 1.79. The minimum absolute atomic E-state index is 0.366. The summed E-state index contributed by atoms with van der Waals surface area (Å²) in [5.74, 6) is 1.76. The molecule has 0 radical (unpaired) electrons. The lowest BCUT2D eigenvalue weighted by atomic mass is 10.1. The molecule has 1 aromatic heterocycles. The van der Waals surface area contributed by atoms with Gasteiger partial charge < -0.3 is 9.64 Å². The van der Waals surface area contributed by atoms with Crippen molar-refractivity contribution in [1.82, 2.24) is 4.98 Å². The maximum absolute atomic E-state index is 5.39. The second-order valence-electron chi connectivity index (χ2n) is 5.18. The Bertz CT molecular complexity index is 365. The number of ether oxygens (including phenoxy) is 1. The van der Waals surface area contributed by atoms with E-state index < -0.39 is 0 Å². The van der Waals surface area contributed by atoms with E-state index in [2.05, 4.69) is 36.9 Å². The van der Waals surface area contributed by atoms with Crippen molar-refractivity contribution in [2.24, 2.45) is 5.92 Å². The SMILES string of the molecule is CO[C@@H]1CCN(c2cccc(CC(C)C)n2)C1. The third-order valence-electron chi connectivity index (χ3n) is 3.21. The number of aromatic nitrogens is 1. The van der Waals surface area contributed by atoms with Gasteiger partial charge in [-0.3, -0.25) is 0 Å². The molecule has 0 aliphatic carbocycles. The second kappa shape index (κ2) is 5.50. The van der Waals surface area contributed by atoms with E-state index in [9.17, 15) is 0 Å². The fourth-order valence-electron chi connectivity index (χ4n) is 2.30. The average molecular weight is 234 g/mol. The van der Waals surface area contributed by atoms with Gasteiger partial charge in [0, 0.05) is 25.9 Å². The summed E-state index contributed by atoms with van der Waals surface area (Å²) in [6, 6.07) is 6.33. The Kier molecular flexibility index (Phi) is 4.00. The lowest BCUT2D eigenvalue weighted by Crippen LogP contribution is -2.23. The van der Waals surface area contributed by atoms with Crippen molar-refractivity contribution in [3.8, 4) is 0 Å². The molecular weight excluding hydrogens is 212 g/mol. The molecule has 0 amide bonds. The first kappa shape index (κ1) is 12.4. The summed E-state index contributed by atoms with van der Waals surface area (Å²) in [5.41, 5.74) is 1.19. The third-order valence-corrected chi connectivity index (χ3v) is 3.21. The average Bonchev–Trinajstić information content (AvgIpc) is 2.77. The first-order chi connectivity index (χ1) is 8.19.